The second kappa shape index (κ2) is 14.6. The second-order valence-electron chi connectivity index (χ2n) is 10.8. The van der Waals surface area contributed by atoms with Gasteiger partial charge in [-0.15, -0.1) is 5.10 Å². The number of imidazole rings is 1. The second-order valence-corrected chi connectivity index (χ2v) is 11.6. The summed E-state index contributed by atoms with van der Waals surface area (Å²) in [5.74, 6) is 0.0325. The van der Waals surface area contributed by atoms with Crippen molar-refractivity contribution in [2.75, 3.05) is 44.7 Å². The van der Waals surface area contributed by atoms with Gasteiger partial charge >= 0.3 is 0 Å². The van der Waals surface area contributed by atoms with E-state index in [1.165, 1.54) is 11.0 Å². The van der Waals surface area contributed by atoms with Crippen molar-refractivity contribution in [1.29, 1.82) is 0 Å². The molecule has 14 heteroatoms. The predicted octanol–water partition coefficient (Wildman–Crippen LogP) is 4.39. The van der Waals surface area contributed by atoms with Gasteiger partial charge in [0, 0.05) is 54.1 Å². The van der Waals surface area contributed by atoms with Crippen molar-refractivity contribution in [2.45, 2.75) is 12.3 Å². The molecule has 3 aromatic heterocycles. The molecule has 46 heavy (non-hydrogen) atoms. The first-order valence-corrected chi connectivity index (χ1v) is 15.5. The van der Waals surface area contributed by atoms with E-state index >= 15 is 0 Å². The molecule has 0 unspecified atom stereocenters. The number of hydrogen-bond donors (Lipinski definition) is 3. The minimum Gasteiger partial charge on any atom is -0.379 e. The van der Waals surface area contributed by atoms with Crippen LogP contribution in [0.2, 0.25) is 10.2 Å². The SMILES string of the molecule is NC(=O)C(=Cc1cc(Cl)ccc1-n1cnnn1)[C@H](Cc1ccccc1)c1nc(-c2ccc(NCCN3CCOCC3)nc2)c(Cl)[nH]1. The molecule has 12 nitrogen and oxygen atoms in total. The number of nitrogens with zero attached hydrogens (tertiary/aromatic N) is 7. The number of ether oxygens (including phenoxy) is 1. The number of benzene rings is 2. The Hall–Kier alpha value is -4.62. The Morgan fingerprint density at radius 2 is 1.93 bits per heavy atom. The van der Waals surface area contributed by atoms with Crippen LogP contribution >= 0.6 is 23.2 Å². The van der Waals surface area contributed by atoms with Crippen molar-refractivity contribution in [3.8, 4) is 16.9 Å². The van der Waals surface area contributed by atoms with Crippen molar-refractivity contribution in [2.24, 2.45) is 5.73 Å². The normalized spacial score (nSPS) is 14.7. The standard InChI is InChI=1S/C32H32Cl2N10O2/c33-24-7-8-27(44-20-38-41-42-44)23(17-24)18-25(31(35)45)26(16-21-4-2-1-3-5-21)32-39-29(30(34)40-32)22-6-9-28(37-19-22)36-10-11-43-12-14-46-15-13-43/h1-9,17-20,26H,10-16H2,(H2,35,45)(H,36,37)(H,39,40)/t26-/m0/s1. The van der Waals surface area contributed by atoms with Crippen LogP contribution in [-0.4, -0.2) is 85.4 Å². The van der Waals surface area contributed by atoms with Gasteiger partial charge < -0.3 is 20.8 Å². The molecular formula is C32H32Cl2N10O2. The molecular weight excluding hydrogens is 627 g/mol. The molecule has 1 aliphatic rings. The number of pyridine rings is 1. The van der Waals surface area contributed by atoms with Gasteiger partial charge in [0.15, 0.2) is 0 Å². The highest BCUT2D eigenvalue weighted by atomic mass is 35.5. The Morgan fingerprint density at radius 1 is 1.11 bits per heavy atom. The lowest BCUT2D eigenvalue weighted by molar-refractivity contribution is -0.114. The van der Waals surface area contributed by atoms with E-state index in [9.17, 15) is 4.79 Å². The first-order chi connectivity index (χ1) is 22.4. The van der Waals surface area contributed by atoms with Gasteiger partial charge in [0.25, 0.3) is 0 Å². The van der Waals surface area contributed by atoms with Crippen molar-refractivity contribution < 1.29 is 9.53 Å². The van der Waals surface area contributed by atoms with Gasteiger partial charge in [-0.3, -0.25) is 9.69 Å². The van der Waals surface area contributed by atoms with Crippen molar-refractivity contribution in [3.05, 3.63) is 106 Å². The zero-order valence-electron chi connectivity index (χ0n) is 24.8. The van der Waals surface area contributed by atoms with Crippen molar-refractivity contribution in [1.82, 2.24) is 40.1 Å². The first kappa shape index (κ1) is 31.4. The smallest absolute Gasteiger partial charge is 0.245 e. The van der Waals surface area contributed by atoms with Gasteiger partial charge in [0.05, 0.1) is 24.8 Å². The lowest BCUT2D eigenvalue weighted by Crippen LogP contribution is -2.39. The maximum atomic E-state index is 13.2. The molecule has 0 radical (unpaired) electrons. The van der Waals surface area contributed by atoms with Gasteiger partial charge in [-0.05, 0) is 58.8 Å². The van der Waals surface area contributed by atoms with E-state index in [2.05, 4.69) is 35.7 Å². The topological polar surface area (TPSA) is 153 Å². The average Bonchev–Trinajstić information content (AvgIpc) is 3.74. The largest absolute Gasteiger partial charge is 0.379 e. The van der Waals surface area contributed by atoms with Crippen LogP contribution in [-0.2, 0) is 16.0 Å². The summed E-state index contributed by atoms with van der Waals surface area (Å²) in [5, 5.41) is 15.6. The highest BCUT2D eigenvalue weighted by Gasteiger charge is 2.27. The fourth-order valence-electron chi connectivity index (χ4n) is 5.37. The fraction of sp³-hybridized carbons (Fsp3) is 0.250. The number of aromatic amines is 1. The van der Waals surface area contributed by atoms with Crippen LogP contribution in [0, 0.1) is 0 Å². The third kappa shape index (κ3) is 7.60. The number of aromatic nitrogens is 7. The molecule has 1 aliphatic heterocycles. The molecule has 4 N–H and O–H groups in total. The van der Waals surface area contributed by atoms with Crippen molar-refractivity contribution >= 4 is 41.0 Å². The first-order valence-electron chi connectivity index (χ1n) is 14.8. The molecule has 0 aliphatic carbocycles. The summed E-state index contributed by atoms with van der Waals surface area (Å²) < 4.78 is 6.91. The van der Waals surface area contributed by atoms with Crippen LogP contribution in [0.4, 0.5) is 5.82 Å². The number of halogens is 2. The van der Waals surface area contributed by atoms with E-state index in [-0.39, 0.29) is 0 Å². The Labute approximate surface area is 275 Å². The number of morpholine rings is 1. The summed E-state index contributed by atoms with van der Waals surface area (Å²) in [7, 11) is 0. The van der Waals surface area contributed by atoms with E-state index in [0.29, 0.717) is 44.9 Å². The number of carbonyl (C=O) groups is 1. The molecule has 1 fully saturated rings. The number of amides is 1. The van der Waals surface area contributed by atoms with E-state index in [4.69, 9.17) is 38.7 Å². The van der Waals surface area contributed by atoms with Gasteiger partial charge in [0.2, 0.25) is 5.91 Å². The van der Waals surface area contributed by atoms with Gasteiger partial charge in [-0.25, -0.2) is 9.97 Å². The summed E-state index contributed by atoms with van der Waals surface area (Å²) in [4.78, 5) is 28.2. The third-order valence-electron chi connectivity index (χ3n) is 7.72. The number of nitrogens with two attached hydrogens (primary N) is 1. The number of rotatable bonds is 12. The minimum atomic E-state index is -0.619. The summed E-state index contributed by atoms with van der Waals surface area (Å²) in [6, 6.07) is 18.8. The molecule has 5 aromatic rings. The number of carbonyl (C=O) groups excluding carboxylic acids is 1. The van der Waals surface area contributed by atoms with E-state index in [0.717, 1.165) is 56.3 Å². The fourth-order valence-corrected chi connectivity index (χ4v) is 5.80. The summed E-state index contributed by atoms with van der Waals surface area (Å²) in [5.41, 5.74) is 9.80. The van der Waals surface area contributed by atoms with Crippen LogP contribution in [0.3, 0.4) is 0 Å². The minimum absolute atomic E-state index is 0.301. The van der Waals surface area contributed by atoms with Crippen LogP contribution in [0.25, 0.3) is 23.0 Å². The zero-order valence-corrected chi connectivity index (χ0v) is 26.3. The number of primary amides is 1. The van der Waals surface area contributed by atoms with E-state index in [1.807, 2.05) is 42.5 Å². The Balaban J connectivity index is 1.31. The van der Waals surface area contributed by atoms with Gasteiger partial charge in [-0.1, -0.05) is 53.5 Å². The molecule has 0 bridgehead atoms. The molecule has 6 rings (SSSR count). The molecule has 1 saturated heterocycles. The van der Waals surface area contributed by atoms with Crippen LogP contribution in [0.1, 0.15) is 22.9 Å². The monoisotopic (exact) mass is 658 g/mol. The Bertz CT molecular complexity index is 1790. The van der Waals surface area contributed by atoms with Crippen molar-refractivity contribution in [3.63, 3.8) is 0 Å². The number of tetrazole rings is 1. The molecule has 1 amide bonds. The molecule has 4 heterocycles. The number of hydrogen-bond acceptors (Lipinski definition) is 9. The summed E-state index contributed by atoms with van der Waals surface area (Å²) >= 11 is 13.1. The van der Waals surface area contributed by atoms with Gasteiger partial charge in [-0.2, -0.15) is 4.68 Å². The molecule has 1 atom stereocenters. The third-order valence-corrected chi connectivity index (χ3v) is 8.23. The molecule has 2 aromatic carbocycles. The lowest BCUT2D eigenvalue weighted by Gasteiger charge is -2.26. The highest BCUT2D eigenvalue weighted by molar-refractivity contribution is 6.32. The molecule has 0 spiro atoms. The zero-order chi connectivity index (χ0) is 31.9. The Kier molecular flexibility index (Phi) is 9.99. The average molecular weight is 660 g/mol. The molecule has 236 valence electrons. The summed E-state index contributed by atoms with van der Waals surface area (Å²) in [6.45, 7) is 5.09. The lowest BCUT2D eigenvalue weighted by atomic mass is 9.89. The highest BCUT2D eigenvalue weighted by Crippen LogP contribution is 2.34. The number of anilines is 1. The maximum Gasteiger partial charge on any atom is 0.245 e. The quantitative estimate of drug-likeness (QED) is 0.166. The maximum absolute atomic E-state index is 13.2. The van der Waals surface area contributed by atoms with E-state index < -0.39 is 11.8 Å². The van der Waals surface area contributed by atoms with Crippen LogP contribution < -0.4 is 11.1 Å². The van der Waals surface area contributed by atoms with Crippen LogP contribution in [0.5, 0.6) is 0 Å². The Morgan fingerprint density at radius 3 is 2.65 bits per heavy atom. The van der Waals surface area contributed by atoms with Crippen LogP contribution in [0.15, 0.2) is 78.8 Å². The van der Waals surface area contributed by atoms with E-state index in [1.54, 1.807) is 30.5 Å². The molecule has 0 saturated carbocycles. The van der Waals surface area contributed by atoms with Gasteiger partial charge in [0.1, 0.15) is 28.8 Å². The number of H-pyrrole nitrogens is 1. The summed E-state index contributed by atoms with van der Waals surface area (Å²) in [6.07, 6.45) is 5.31. The number of nitrogens with one attached hydrogen (secondary N) is 2. The predicted molar refractivity (Wildman–Crippen MR) is 177 cm³/mol.